The molecule has 0 unspecified atom stereocenters. The van der Waals surface area contributed by atoms with Gasteiger partial charge in [0, 0.05) is 44.8 Å². The van der Waals surface area contributed by atoms with Gasteiger partial charge in [0.15, 0.2) is 5.65 Å². The van der Waals surface area contributed by atoms with Crippen LogP contribution < -0.4 is 0 Å². The summed E-state index contributed by atoms with van der Waals surface area (Å²) in [7, 11) is 0. The second-order valence-electron chi connectivity index (χ2n) is 6.73. The maximum atomic E-state index is 6.28. The molecule has 0 amide bonds. The highest BCUT2D eigenvalue weighted by atomic mass is 35.5. The van der Waals surface area contributed by atoms with Gasteiger partial charge in [-0.2, -0.15) is 10.2 Å². The van der Waals surface area contributed by atoms with Gasteiger partial charge in [0.1, 0.15) is 5.52 Å². The molecule has 0 atom stereocenters. The Morgan fingerprint density at radius 1 is 1.10 bits per heavy atom. The molecule has 5 aromatic rings. The topological polar surface area (TPSA) is 88.1 Å². The summed E-state index contributed by atoms with van der Waals surface area (Å²) < 4.78 is 1.82. The molecule has 29 heavy (non-hydrogen) atoms. The number of hydrogen-bond donors (Lipinski definition) is 2. The molecule has 0 aliphatic heterocycles. The van der Waals surface area contributed by atoms with E-state index >= 15 is 0 Å². The molecule has 0 bridgehead atoms. The van der Waals surface area contributed by atoms with Crippen molar-refractivity contribution in [1.82, 2.24) is 34.9 Å². The highest BCUT2D eigenvalue weighted by Crippen LogP contribution is 2.29. The van der Waals surface area contributed by atoms with Crippen molar-refractivity contribution in [3.63, 3.8) is 0 Å². The van der Waals surface area contributed by atoms with Gasteiger partial charge in [-0.05, 0) is 30.7 Å². The Hall–Kier alpha value is -3.16. The van der Waals surface area contributed by atoms with Crippen molar-refractivity contribution < 1.29 is 0 Å². The Balaban J connectivity index is 1.51. The molecule has 9 heteroatoms. The minimum atomic E-state index is 0.521. The predicted octanol–water partition coefficient (Wildman–Crippen LogP) is 4.88. The SMILES string of the molecule is Cc1[nH]ncc1-c1cnc2[nH]cc(-c3cnn(Cc4cc(Cl)ccc4Cl)c3)c2n1. The fraction of sp³-hybridized carbons (Fsp3) is 0.100. The van der Waals surface area contributed by atoms with Gasteiger partial charge < -0.3 is 4.98 Å². The van der Waals surface area contributed by atoms with E-state index in [1.54, 1.807) is 30.7 Å². The average Bonchev–Trinajstić information content (AvgIpc) is 3.43. The predicted molar refractivity (Wildman–Crippen MR) is 113 cm³/mol. The first-order valence-corrected chi connectivity index (χ1v) is 9.65. The second kappa shape index (κ2) is 7.02. The first-order valence-electron chi connectivity index (χ1n) is 8.90. The quantitative estimate of drug-likeness (QED) is 0.431. The third-order valence-electron chi connectivity index (χ3n) is 4.77. The van der Waals surface area contributed by atoms with E-state index in [1.807, 2.05) is 30.1 Å². The van der Waals surface area contributed by atoms with Crippen LogP contribution in [0.3, 0.4) is 0 Å². The van der Waals surface area contributed by atoms with Crippen LogP contribution >= 0.6 is 23.2 Å². The Bertz CT molecular complexity index is 1330. The Morgan fingerprint density at radius 3 is 2.83 bits per heavy atom. The highest BCUT2D eigenvalue weighted by molar-refractivity contribution is 6.33. The Morgan fingerprint density at radius 2 is 2.00 bits per heavy atom. The second-order valence-corrected chi connectivity index (χ2v) is 7.57. The standard InChI is InChI=1S/C20H15Cl2N7/c1-11-15(7-25-28-11)18-8-24-20-19(27-18)16(6-23-20)13-5-26-29(10-13)9-12-4-14(21)2-3-17(12)22/h2-8,10H,9H2,1H3,(H,23,24)(H,25,28). The van der Waals surface area contributed by atoms with E-state index in [1.165, 1.54) is 0 Å². The third kappa shape index (κ3) is 3.28. The molecule has 144 valence electrons. The number of fused-ring (bicyclic) bond motifs is 1. The van der Waals surface area contributed by atoms with E-state index in [0.29, 0.717) is 16.6 Å². The van der Waals surface area contributed by atoms with Crippen LogP contribution in [0.5, 0.6) is 0 Å². The van der Waals surface area contributed by atoms with Gasteiger partial charge in [0.25, 0.3) is 0 Å². The van der Waals surface area contributed by atoms with Gasteiger partial charge in [0.05, 0.1) is 30.8 Å². The molecule has 0 saturated heterocycles. The van der Waals surface area contributed by atoms with Crippen molar-refractivity contribution in [2.75, 3.05) is 0 Å². The van der Waals surface area contributed by atoms with Crippen molar-refractivity contribution in [1.29, 1.82) is 0 Å². The van der Waals surface area contributed by atoms with Crippen LogP contribution in [0.4, 0.5) is 0 Å². The Labute approximate surface area is 175 Å². The van der Waals surface area contributed by atoms with Gasteiger partial charge in [0.2, 0.25) is 0 Å². The van der Waals surface area contributed by atoms with Crippen LogP contribution in [0, 0.1) is 6.92 Å². The normalized spacial score (nSPS) is 11.4. The number of rotatable bonds is 4. The summed E-state index contributed by atoms with van der Waals surface area (Å²) in [6.07, 6.45) is 9.15. The van der Waals surface area contributed by atoms with Gasteiger partial charge in [-0.15, -0.1) is 0 Å². The van der Waals surface area contributed by atoms with E-state index in [2.05, 4.69) is 25.3 Å². The lowest BCUT2D eigenvalue weighted by Crippen LogP contribution is -2.00. The first-order chi connectivity index (χ1) is 14.1. The van der Waals surface area contributed by atoms with Gasteiger partial charge in [-0.25, -0.2) is 9.97 Å². The summed E-state index contributed by atoms with van der Waals surface area (Å²) in [5.74, 6) is 0. The van der Waals surface area contributed by atoms with Crippen LogP contribution in [-0.4, -0.2) is 34.9 Å². The van der Waals surface area contributed by atoms with Crippen LogP contribution in [-0.2, 0) is 6.54 Å². The zero-order chi connectivity index (χ0) is 20.0. The molecule has 0 spiro atoms. The molecule has 4 heterocycles. The molecular formula is C20H15Cl2N7. The molecule has 4 aromatic heterocycles. The highest BCUT2D eigenvalue weighted by Gasteiger charge is 2.14. The van der Waals surface area contributed by atoms with Crippen LogP contribution in [0.25, 0.3) is 33.5 Å². The summed E-state index contributed by atoms with van der Waals surface area (Å²) in [5, 5.41) is 12.8. The number of aromatic amines is 2. The zero-order valence-electron chi connectivity index (χ0n) is 15.3. The lowest BCUT2D eigenvalue weighted by atomic mass is 10.1. The summed E-state index contributed by atoms with van der Waals surface area (Å²) in [4.78, 5) is 12.5. The summed E-state index contributed by atoms with van der Waals surface area (Å²) >= 11 is 12.4. The van der Waals surface area contributed by atoms with Gasteiger partial charge in [-0.3, -0.25) is 9.78 Å². The molecule has 0 saturated carbocycles. The third-order valence-corrected chi connectivity index (χ3v) is 5.37. The molecule has 0 fully saturated rings. The maximum Gasteiger partial charge on any atom is 0.156 e. The minimum Gasteiger partial charge on any atom is -0.344 e. The van der Waals surface area contributed by atoms with E-state index in [4.69, 9.17) is 28.2 Å². The summed E-state index contributed by atoms with van der Waals surface area (Å²) in [6, 6.07) is 5.41. The maximum absolute atomic E-state index is 6.28. The van der Waals surface area contributed by atoms with Crippen molar-refractivity contribution >= 4 is 34.4 Å². The summed E-state index contributed by atoms with van der Waals surface area (Å²) in [6.45, 7) is 2.48. The number of hydrogen-bond acceptors (Lipinski definition) is 4. The minimum absolute atomic E-state index is 0.521. The van der Waals surface area contributed by atoms with E-state index < -0.39 is 0 Å². The van der Waals surface area contributed by atoms with Crippen LogP contribution in [0.2, 0.25) is 10.0 Å². The van der Waals surface area contributed by atoms with Crippen molar-refractivity contribution in [3.05, 3.63) is 70.5 Å². The number of H-pyrrole nitrogens is 2. The molecule has 1 aromatic carbocycles. The van der Waals surface area contributed by atoms with E-state index in [-0.39, 0.29) is 0 Å². The largest absolute Gasteiger partial charge is 0.344 e. The number of aryl methyl sites for hydroxylation is 1. The Kier molecular flexibility index (Phi) is 4.34. The first kappa shape index (κ1) is 17.9. The number of nitrogens with one attached hydrogen (secondary N) is 2. The number of aromatic nitrogens is 7. The fourth-order valence-corrected chi connectivity index (χ4v) is 3.65. The van der Waals surface area contributed by atoms with E-state index in [0.717, 1.165) is 44.8 Å². The van der Waals surface area contributed by atoms with Crippen molar-refractivity contribution in [3.8, 4) is 22.4 Å². The molecule has 7 nitrogen and oxygen atoms in total. The van der Waals surface area contributed by atoms with Crippen molar-refractivity contribution in [2.24, 2.45) is 0 Å². The van der Waals surface area contributed by atoms with Gasteiger partial charge >= 0.3 is 0 Å². The molecule has 5 rings (SSSR count). The fourth-order valence-electron chi connectivity index (χ4n) is 3.28. The lowest BCUT2D eigenvalue weighted by Gasteiger charge is -2.05. The van der Waals surface area contributed by atoms with Crippen molar-refractivity contribution in [2.45, 2.75) is 13.5 Å². The average molecular weight is 424 g/mol. The molecule has 0 aliphatic rings. The monoisotopic (exact) mass is 423 g/mol. The number of halogens is 2. The van der Waals surface area contributed by atoms with Crippen LogP contribution in [0.15, 0.2) is 49.2 Å². The van der Waals surface area contributed by atoms with Crippen LogP contribution in [0.1, 0.15) is 11.3 Å². The number of nitrogens with zero attached hydrogens (tertiary/aromatic N) is 5. The molecule has 2 N–H and O–H groups in total. The number of benzene rings is 1. The summed E-state index contributed by atoms with van der Waals surface area (Å²) in [5.41, 5.74) is 6.91. The zero-order valence-corrected chi connectivity index (χ0v) is 16.8. The molecular weight excluding hydrogens is 409 g/mol. The smallest absolute Gasteiger partial charge is 0.156 e. The molecule has 0 radical (unpaired) electrons. The van der Waals surface area contributed by atoms with Gasteiger partial charge in [-0.1, -0.05) is 23.2 Å². The lowest BCUT2D eigenvalue weighted by molar-refractivity contribution is 0.687. The van der Waals surface area contributed by atoms with E-state index in [9.17, 15) is 0 Å². The molecule has 0 aliphatic carbocycles.